The predicted octanol–water partition coefficient (Wildman–Crippen LogP) is 4.92. The first-order valence-electron chi connectivity index (χ1n) is 8.04. The summed E-state index contributed by atoms with van der Waals surface area (Å²) in [5.41, 5.74) is 4.51. The van der Waals surface area contributed by atoms with E-state index in [0.717, 1.165) is 28.9 Å². The van der Waals surface area contributed by atoms with Gasteiger partial charge in [0.2, 0.25) is 0 Å². The van der Waals surface area contributed by atoms with Gasteiger partial charge in [-0.1, -0.05) is 72.8 Å². The molecule has 0 unspecified atom stereocenters. The summed E-state index contributed by atoms with van der Waals surface area (Å²) in [5.74, 6) is 0.879. The van der Waals surface area contributed by atoms with Crippen LogP contribution in [0.5, 0.6) is 5.75 Å². The molecule has 3 rings (SSSR count). The van der Waals surface area contributed by atoms with Crippen LogP contribution in [-0.4, -0.2) is 0 Å². The number of hydrogen-bond donors (Lipinski definition) is 0. The van der Waals surface area contributed by atoms with E-state index >= 15 is 0 Å². The molecule has 0 aliphatic heterocycles. The Morgan fingerprint density at radius 3 is 2.08 bits per heavy atom. The number of hydrogen-bond acceptors (Lipinski definition) is 2. The normalized spacial score (nSPS) is 10.1. The van der Waals surface area contributed by atoms with Crippen LogP contribution in [0, 0.1) is 11.3 Å². The summed E-state index contributed by atoms with van der Waals surface area (Å²) >= 11 is 0. The zero-order valence-electron chi connectivity index (χ0n) is 13.5. The summed E-state index contributed by atoms with van der Waals surface area (Å²) in [7, 11) is 0. The molecule has 24 heavy (non-hydrogen) atoms. The molecule has 0 N–H and O–H groups in total. The van der Waals surface area contributed by atoms with E-state index in [4.69, 9.17) is 10.00 Å². The van der Waals surface area contributed by atoms with Gasteiger partial charge >= 0.3 is 0 Å². The number of ether oxygens (including phenoxy) is 1. The number of nitriles is 1. The first-order valence-corrected chi connectivity index (χ1v) is 8.04. The monoisotopic (exact) mass is 313 g/mol. The van der Waals surface area contributed by atoms with Gasteiger partial charge in [-0.3, -0.25) is 0 Å². The van der Waals surface area contributed by atoms with Gasteiger partial charge < -0.3 is 4.74 Å². The summed E-state index contributed by atoms with van der Waals surface area (Å²) in [4.78, 5) is 0. The van der Waals surface area contributed by atoms with Crippen molar-refractivity contribution in [3.05, 3.63) is 101 Å². The Kier molecular flexibility index (Phi) is 5.27. The molecule has 0 aromatic heterocycles. The van der Waals surface area contributed by atoms with E-state index in [1.807, 2.05) is 48.5 Å². The van der Waals surface area contributed by atoms with Crippen LogP contribution in [0.3, 0.4) is 0 Å². The second kappa shape index (κ2) is 7.99. The second-order valence-corrected chi connectivity index (χ2v) is 5.71. The largest absolute Gasteiger partial charge is 0.489 e. The molecule has 3 aromatic rings. The lowest BCUT2D eigenvalue weighted by Gasteiger charge is -2.13. The first kappa shape index (κ1) is 15.8. The first-order chi connectivity index (χ1) is 11.8. The molecule has 0 saturated carbocycles. The molecule has 0 radical (unpaired) electrons. The molecule has 118 valence electrons. The van der Waals surface area contributed by atoms with Crippen molar-refractivity contribution in [3.63, 3.8) is 0 Å². The highest BCUT2D eigenvalue weighted by atomic mass is 16.5. The fourth-order valence-corrected chi connectivity index (χ4v) is 2.66. The van der Waals surface area contributed by atoms with Gasteiger partial charge in [-0.05, 0) is 28.3 Å². The lowest BCUT2D eigenvalue weighted by atomic mass is 10.0. The molecule has 0 aliphatic rings. The lowest BCUT2D eigenvalue weighted by molar-refractivity contribution is 0.303. The predicted molar refractivity (Wildman–Crippen MR) is 95.8 cm³/mol. The second-order valence-electron chi connectivity index (χ2n) is 5.71. The molecule has 0 saturated heterocycles. The average molecular weight is 313 g/mol. The number of benzene rings is 3. The summed E-state index contributed by atoms with van der Waals surface area (Å²) in [6.45, 7) is 0.542. The maximum absolute atomic E-state index is 8.94. The van der Waals surface area contributed by atoms with Gasteiger partial charge in [0.25, 0.3) is 0 Å². The Morgan fingerprint density at radius 1 is 0.750 bits per heavy atom. The maximum Gasteiger partial charge on any atom is 0.123 e. The van der Waals surface area contributed by atoms with Crippen molar-refractivity contribution in [2.75, 3.05) is 0 Å². The SMILES string of the molecule is N#CCc1ccc(OCc2ccccc2)c(Cc2ccccc2)c1. The van der Waals surface area contributed by atoms with Gasteiger partial charge in [-0.15, -0.1) is 0 Å². The summed E-state index contributed by atoms with van der Waals surface area (Å²) < 4.78 is 6.05. The summed E-state index contributed by atoms with van der Waals surface area (Å²) in [6, 6.07) is 28.7. The quantitative estimate of drug-likeness (QED) is 0.647. The van der Waals surface area contributed by atoms with Crippen molar-refractivity contribution in [2.24, 2.45) is 0 Å². The van der Waals surface area contributed by atoms with Crippen LogP contribution in [0.4, 0.5) is 0 Å². The van der Waals surface area contributed by atoms with Crippen LogP contribution in [0.15, 0.2) is 78.9 Å². The maximum atomic E-state index is 8.94. The van der Waals surface area contributed by atoms with Crippen molar-refractivity contribution in [3.8, 4) is 11.8 Å². The molecule has 0 bridgehead atoms. The number of rotatable bonds is 6. The Balaban J connectivity index is 1.82. The highest BCUT2D eigenvalue weighted by Crippen LogP contribution is 2.24. The third-order valence-electron chi connectivity index (χ3n) is 3.88. The van der Waals surface area contributed by atoms with Gasteiger partial charge in [-0.25, -0.2) is 0 Å². The molecule has 2 nitrogen and oxygen atoms in total. The van der Waals surface area contributed by atoms with Crippen LogP contribution in [0.25, 0.3) is 0 Å². The third-order valence-corrected chi connectivity index (χ3v) is 3.88. The van der Waals surface area contributed by atoms with Crippen molar-refractivity contribution in [1.29, 1.82) is 5.26 Å². The number of nitrogens with zero attached hydrogens (tertiary/aromatic N) is 1. The Morgan fingerprint density at radius 2 is 1.42 bits per heavy atom. The van der Waals surface area contributed by atoms with Gasteiger partial charge in [0.05, 0.1) is 12.5 Å². The van der Waals surface area contributed by atoms with E-state index in [2.05, 4.69) is 36.4 Å². The molecule has 3 aromatic carbocycles. The van der Waals surface area contributed by atoms with E-state index in [0.29, 0.717) is 13.0 Å². The standard InChI is InChI=1S/C22H19NO/c23-14-13-19-11-12-22(24-17-20-9-5-2-6-10-20)21(16-19)15-18-7-3-1-4-8-18/h1-12,16H,13,15,17H2. The Bertz CT molecular complexity index is 820. The van der Waals surface area contributed by atoms with Crippen molar-refractivity contribution in [2.45, 2.75) is 19.4 Å². The zero-order valence-corrected chi connectivity index (χ0v) is 13.5. The fraction of sp³-hybridized carbons (Fsp3) is 0.136. The molecular weight excluding hydrogens is 294 g/mol. The molecule has 0 aliphatic carbocycles. The highest BCUT2D eigenvalue weighted by Gasteiger charge is 2.07. The van der Waals surface area contributed by atoms with Crippen molar-refractivity contribution < 1.29 is 4.74 Å². The van der Waals surface area contributed by atoms with Gasteiger partial charge in [0, 0.05) is 6.42 Å². The van der Waals surface area contributed by atoms with Gasteiger partial charge in [0.1, 0.15) is 12.4 Å². The Hall–Kier alpha value is -3.05. The van der Waals surface area contributed by atoms with Gasteiger partial charge in [0.15, 0.2) is 0 Å². The molecule has 0 spiro atoms. The fourth-order valence-electron chi connectivity index (χ4n) is 2.66. The molecule has 0 amide bonds. The summed E-state index contributed by atoms with van der Waals surface area (Å²) in [6.07, 6.45) is 1.21. The molecule has 0 atom stereocenters. The molecule has 0 heterocycles. The van der Waals surface area contributed by atoms with Crippen LogP contribution in [0.2, 0.25) is 0 Å². The minimum absolute atomic E-state index is 0.417. The Labute approximate surface area is 143 Å². The van der Waals surface area contributed by atoms with E-state index in [1.54, 1.807) is 0 Å². The summed E-state index contributed by atoms with van der Waals surface area (Å²) in [5, 5.41) is 8.94. The van der Waals surface area contributed by atoms with Crippen molar-refractivity contribution >= 4 is 0 Å². The van der Waals surface area contributed by atoms with E-state index in [1.165, 1.54) is 5.56 Å². The zero-order chi connectivity index (χ0) is 16.6. The average Bonchev–Trinajstić information content (AvgIpc) is 2.63. The topological polar surface area (TPSA) is 33.0 Å². The van der Waals surface area contributed by atoms with Crippen LogP contribution >= 0.6 is 0 Å². The van der Waals surface area contributed by atoms with E-state index in [9.17, 15) is 0 Å². The van der Waals surface area contributed by atoms with E-state index in [-0.39, 0.29) is 0 Å². The molecular formula is C22H19NO. The van der Waals surface area contributed by atoms with E-state index < -0.39 is 0 Å². The smallest absolute Gasteiger partial charge is 0.123 e. The van der Waals surface area contributed by atoms with Crippen LogP contribution in [0.1, 0.15) is 22.3 Å². The highest BCUT2D eigenvalue weighted by molar-refractivity contribution is 5.41. The minimum Gasteiger partial charge on any atom is -0.489 e. The minimum atomic E-state index is 0.417. The lowest BCUT2D eigenvalue weighted by Crippen LogP contribution is -2.00. The molecule has 0 fully saturated rings. The van der Waals surface area contributed by atoms with Crippen LogP contribution < -0.4 is 4.74 Å². The molecule has 2 heteroatoms. The van der Waals surface area contributed by atoms with Crippen molar-refractivity contribution in [1.82, 2.24) is 0 Å². The van der Waals surface area contributed by atoms with Crippen LogP contribution in [-0.2, 0) is 19.4 Å². The van der Waals surface area contributed by atoms with Gasteiger partial charge in [-0.2, -0.15) is 5.26 Å². The third kappa shape index (κ3) is 4.24.